The van der Waals surface area contributed by atoms with Crippen LogP contribution < -0.4 is 9.64 Å². The topological polar surface area (TPSA) is 71.4 Å². The molecule has 0 bridgehead atoms. The van der Waals surface area contributed by atoms with Gasteiger partial charge in [0.1, 0.15) is 5.75 Å². The molecule has 4 aromatic rings. The molecule has 1 atom stereocenters. The van der Waals surface area contributed by atoms with Gasteiger partial charge in [-0.05, 0) is 60.4 Å². The number of aromatic nitrogens is 3. The van der Waals surface area contributed by atoms with Crippen molar-refractivity contribution in [3.05, 3.63) is 72.6 Å². The molecule has 152 valence electrons. The molecule has 6 nitrogen and oxygen atoms in total. The molecule has 4 rings (SSSR count). The van der Waals surface area contributed by atoms with Crippen molar-refractivity contribution in [1.82, 2.24) is 15.0 Å². The Bertz CT molecular complexity index is 1140. The molecule has 0 saturated carbocycles. The lowest BCUT2D eigenvalue weighted by Gasteiger charge is -2.21. The number of aromatic hydroxyl groups is 1. The predicted molar refractivity (Wildman–Crippen MR) is 119 cm³/mol. The summed E-state index contributed by atoms with van der Waals surface area (Å²) in [5.41, 5.74) is 4.03. The number of fused-ring (bicyclic) bond motifs is 1. The van der Waals surface area contributed by atoms with Crippen LogP contribution in [-0.2, 0) is 0 Å². The van der Waals surface area contributed by atoms with Gasteiger partial charge in [-0.25, -0.2) is 0 Å². The van der Waals surface area contributed by atoms with E-state index >= 15 is 0 Å². The molecule has 0 aliphatic carbocycles. The molecule has 2 heterocycles. The lowest BCUT2D eigenvalue weighted by molar-refractivity contribution is 0.412. The quantitative estimate of drug-likeness (QED) is 0.441. The van der Waals surface area contributed by atoms with Crippen LogP contribution in [0.1, 0.15) is 31.7 Å². The summed E-state index contributed by atoms with van der Waals surface area (Å²) >= 11 is 0. The Labute approximate surface area is 175 Å². The van der Waals surface area contributed by atoms with E-state index in [2.05, 4.69) is 58.0 Å². The van der Waals surface area contributed by atoms with Crippen LogP contribution in [0.25, 0.3) is 10.9 Å². The van der Waals surface area contributed by atoms with Gasteiger partial charge in [0.05, 0.1) is 17.1 Å². The van der Waals surface area contributed by atoms with Gasteiger partial charge in [0.15, 0.2) is 0 Å². The van der Waals surface area contributed by atoms with Crippen LogP contribution in [0.4, 0.5) is 11.4 Å². The molecule has 1 unspecified atom stereocenters. The van der Waals surface area contributed by atoms with Crippen molar-refractivity contribution in [3.63, 3.8) is 0 Å². The SMILES string of the molecule is CCC(C)c1ccc(N(C)c2ccc(Oc3nc(O)c4ccncc4n3)cc2)cc1. The molecule has 0 amide bonds. The molecule has 2 aromatic heterocycles. The highest BCUT2D eigenvalue weighted by atomic mass is 16.5. The van der Waals surface area contributed by atoms with Crippen molar-refractivity contribution in [1.29, 1.82) is 0 Å². The first-order valence-corrected chi connectivity index (χ1v) is 9.97. The highest BCUT2D eigenvalue weighted by Gasteiger charge is 2.10. The lowest BCUT2D eigenvalue weighted by atomic mass is 9.98. The van der Waals surface area contributed by atoms with Crippen LogP contribution in [0.3, 0.4) is 0 Å². The van der Waals surface area contributed by atoms with Crippen LogP contribution in [0.2, 0.25) is 0 Å². The molecule has 1 N–H and O–H groups in total. The van der Waals surface area contributed by atoms with E-state index in [1.807, 2.05) is 31.3 Å². The first-order valence-electron chi connectivity index (χ1n) is 9.97. The van der Waals surface area contributed by atoms with Gasteiger partial charge >= 0.3 is 6.01 Å². The fourth-order valence-corrected chi connectivity index (χ4v) is 3.24. The molecule has 0 saturated heterocycles. The zero-order valence-electron chi connectivity index (χ0n) is 17.3. The Kier molecular flexibility index (Phi) is 5.48. The van der Waals surface area contributed by atoms with Crippen molar-refractivity contribution in [3.8, 4) is 17.6 Å². The third-order valence-electron chi connectivity index (χ3n) is 5.35. The smallest absolute Gasteiger partial charge is 0.325 e. The number of hydrogen-bond donors (Lipinski definition) is 1. The molecule has 0 fully saturated rings. The molecule has 0 spiro atoms. The van der Waals surface area contributed by atoms with Crippen LogP contribution in [-0.4, -0.2) is 27.1 Å². The minimum absolute atomic E-state index is 0.0785. The van der Waals surface area contributed by atoms with Crippen LogP contribution >= 0.6 is 0 Å². The summed E-state index contributed by atoms with van der Waals surface area (Å²) in [5.74, 6) is 1.02. The van der Waals surface area contributed by atoms with Gasteiger partial charge in [-0.1, -0.05) is 26.0 Å². The Morgan fingerprint density at radius 1 is 0.967 bits per heavy atom. The third kappa shape index (κ3) is 4.03. The van der Waals surface area contributed by atoms with Gasteiger partial charge in [0.2, 0.25) is 5.88 Å². The highest BCUT2D eigenvalue weighted by Crippen LogP contribution is 2.30. The minimum Gasteiger partial charge on any atom is -0.493 e. The normalized spacial score (nSPS) is 12.0. The largest absolute Gasteiger partial charge is 0.493 e. The predicted octanol–water partition coefficient (Wildman–Crippen LogP) is 5.80. The maximum Gasteiger partial charge on any atom is 0.325 e. The number of hydrogen-bond acceptors (Lipinski definition) is 6. The zero-order chi connectivity index (χ0) is 21.1. The van der Waals surface area contributed by atoms with Gasteiger partial charge in [-0.15, -0.1) is 0 Å². The average molecular weight is 400 g/mol. The molecular formula is C24H24N4O2. The summed E-state index contributed by atoms with van der Waals surface area (Å²) in [6.45, 7) is 4.45. The number of anilines is 2. The van der Waals surface area contributed by atoms with Gasteiger partial charge in [0.25, 0.3) is 0 Å². The van der Waals surface area contributed by atoms with Crippen molar-refractivity contribution in [2.75, 3.05) is 11.9 Å². The second-order valence-electron chi connectivity index (χ2n) is 7.28. The fraction of sp³-hybridized carbons (Fsp3) is 0.208. The summed E-state index contributed by atoms with van der Waals surface area (Å²) in [6.07, 6.45) is 4.28. The van der Waals surface area contributed by atoms with E-state index < -0.39 is 0 Å². The molecule has 6 heteroatoms. The fourth-order valence-electron chi connectivity index (χ4n) is 3.24. The number of benzene rings is 2. The Morgan fingerprint density at radius 3 is 2.30 bits per heavy atom. The Morgan fingerprint density at radius 2 is 1.63 bits per heavy atom. The molecular weight excluding hydrogens is 376 g/mol. The molecule has 2 aromatic carbocycles. The maximum absolute atomic E-state index is 10.1. The van der Waals surface area contributed by atoms with Crippen LogP contribution in [0.15, 0.2) is 67.0 Å². The summed E-state index contributed by atoms with van der Waals surface area (Å²) in [7, 11) is 2.03. The first-order chi connectivity index (χ1) is 14.5. The number of rotatable bonds is 6. The Hall–Kier alpha value is -3.67. The molecule has 0 aliphatic heterocycles. The number of nitrogens with zero attached hydrogens (tertiary/aromatic N) is 4. The van der Waals surface area contributed by atoms with Gasteiger partial charge in [-0.2, -0.15) is 9.97 Å². The second-order valence-corrected chi connectivity index (χ2v) is 7.28. The zero-order valence-corrected chi connectivity index (χ0v) is 17.3. The minimum atomic E-state index is -0.130. The van der Waals surface area contributed by atoms with Crippen LogP contribution in [0, 0.1) is 0 Å². The van der Waals surface area contributed by atoms with Crippen molar-refractivity contribution >= 4 is 22.3 Å². The van der Waals surface area contributed by atoms with Crippen molar-refractivity contribution in [2.45, 2.75) is 26.2 Å². The summed E-state index contributed by atoms with van der Waals surface area (Å²) in [5, 5.41) is 10.6. The number of ether oxygens (including phenoxy) is 1. The molecule has 30 heavy (non-hydrogen) atoms. The first kappa shape index (κ1) is 19.6. The van der Waals surface area contributed by atoms with E-state index in [4.69, 9.17) is 4.74 Å². The van der Waals surface area contributed by atoms with Gasteiger partial charge in [-0.3, -0.25) is 4.98 Å². The molecule has 0 aliphatic rings. The number of pyridine rings is 1. The van der Waals surface area contributed by atoms with Crippen molar-refractivity contribution < 1.29 is 9.84 Å². The standard InChI is InChI=1S/C24H24N4O2/c1-4-16(2)17-5-7-18(8-6-17)28(3)19-9-11-20(12-10-19)30-24-26-22-15-25-14-13-21(22)23(29)27-24/h5-16H,4H2,1-3H3,(H,26,27,29). The van der Waals surface area contributed by atoms with E-state index in [0.29, 0.717) is 22.6 Å². The Balaban J connectivity index is 1.50. The monoisotopic (exact) mass is 400 g/mol. The van der Waals surface area contributed by atoms with Crippen molar-refractivity contribution in [2.24, 2.45) is 0 Å². The summed E-state index contributed by atoms with van der Waals surface area (Å²) in [4.78, 5) is 14.5. The second kappa shape index (κ2) is 8.37. The van der Waals surface area contributed by atoms with E-state index in [-0.39, 0.29) is 11.9 Å². The summed E-state index contributed by atoms with van der Waals surface area (Å²) < 4.78 is 5.73. The van der Waals surface area contributed by atoms with E-state index in [1.54, 1.807) is 18.5 Å². The average Bonchev–Trinajstić information content (AvgIpc) is 2.79. The molecule has 0 radical (unpaired) electrons. The van der Waals surface area contributed by atoms with E-state index in [0.717, 1.165) is 17.8 Å². The third-order valence-corrected chi connectivity index (χ3v) is 5.35. The lowest BCUT2D eigenvalue weighted by Crippen LogP contribution is -2.09. The van der Waals surface area contributed by atoms with E-state index in [1.165, 1.54) is 5.56 Å². The van der Waals surface area contributed by atoms with E-state index in [9.17, 15) is 5.11 Å². The highest BCUT2D eigenvalue weighted by molar-refractivity contribution is 5.82. The maximum atomic E-state index is 10.1. The van der Waals surface area contributed by atoms with Gasteiger partial charge < -0.3 is 14.7 Å². The summed E-state index contributed by atoms with van der Waals surface area (Å²) in [6, 6.07) is 18.1. The van der Waals surface area contributed by atoms with Crippen LogP contribution in [0.5, 0.6) is 17.6 Å². The van der Waals surface area contributed by atoms with Gasteiger partial charge in [0, 0.05) is 24.6 Å².